The Morgan fingerprint density at radius 2 is 1.80 bits per heavy atom. The smallest absolute Gasteiger partial charge is 0.243 e. The second-order valence-electron chi connectivity index (χ2n) is 6.94. The van der Waals surface area contributed by atoms with Gasteiger partial charge in [-0.25, -0.2) is 8.42 Å². The van der Waals surface area contributed by atoms with Crippen LogP contribution < -0.4 is 10.6 Å². The van der Waals surface area contributed by atoms with Crippen LogP contribution in [0.1, 0.15) is 31.2 Å². The normalized spacial score (nSPS) is 19.4. The van der Waals surface area contributed by atoms with Crippen molar-refractivity contribution in [2.75, 3.05) is 32.7 Å². The molecule has 0 aromatic heterocycles. The van der Waals surface area contributed by atoms with Crippen LogP contribution in [0.4, 0.5) is 0 Å². The molecule has 3 rings (SSSR count). The molecular weight excluding hydrogens is 338 g/mol. The van der Waals surface area contributed by atoms with Crippen LogP contribution in [-0.4, -0.2) is 51.4 Å². The predicted molar refractivity (Wildman–Crippen MR) is 96.7 cm³/mol. The molecule has 0 atom stereocenters. The lowest BCUT2D eigenvalue weighted by molar-refractivity contribution is -0.121. The molecule has 1 aromatic rings. The van der Waals surface area contributed by atoms with Gasteiger partial charge in [0.2, 0.25) is 15.9 Å². The topological polar surface area (TPSA) is 78.5 Å². The maximum Gasteiger partial charge on any atom is 0.243 e. The highest BCUT2D eigenvalue weighted by Crippen LogP contribution is 2.21. The van der Waals surface area contributed by atoms with Crippen LogP contribution in [0.3, 0.4) is 0 Å². The summed E-state index contributed by atoms with van der Waals surface area (Å²) in [6.07, 6.45) is 4.02. The van der Waals surface area contributed by atoms with Crippen molar-refractivity contribution in [1.29, 1.82) is 0 Å². The molecule has 0 saturated carbocycles. The molecule has 7 heteroatoms. The van der Waals surface area contributed by atoms with Gasteiger partial charge in [-0.2, -0.15) is 4.31 Å². The Morgan fingerprint density at radius 1 is 1.12 bits per heavy atom. The number of rotatable bonds is 7. The highest BCUT2D eigenvalue weighted by atomic mass is 32.2. The number of sulfonamides is 1. The van der Waals surface area contributed by atoms with Gasteiger partial charge in [-0.3, -0.25) is 4.79 Å². The van der Waals surface area contributed by atoms with Crippen LogP contribution >= 0.6 is 0 Å². The van der Waals surface area contributed by atoms with E-state index in [0.29, 0.717) is 36.7 Å². The summed E-state index contributed by atoms with van der Waals surface area (Å²) in [5.41, 5.74) is 0.984. The van der Waals surface area contributed by atoms with Crippen LogP contribution in [0, 0.1) is 5.92 Å². The van der Waals surface area contributed by atoms with Gasteiger partial charge in [0.05, 0.1) is 4.90 Å². The lowest BCUT2D eigenvalue weighted by Crippen LogP contribution is -2.48. The first-order valence-electron chi connectivity index (χ1n) is 9.12. The van der Waals surface area contributed by atoms with Gasteiger partial charge < -0.3 is 10.6 Å². The minimum atomic E-state index is -3.38. The second-order valence-corrected chi connectivity index (χ2v) is 8.87. The molecule has 2 N–H and O–H groups in total. The van der Waals surface area contributed by atoms with Gasteiger partial charge in [0.15, 0.2) is 0 Å². The molecule has 6 nitrogen and oxygen atoms in total. The van der Waals surface area contributed by atoms with Crippen molar-refractivity contribution in [3.63, 3.8) is 0 Å². The molecule has 138 valence electrons. The maximum absolute atomic E-state index is 12.6. The molecule has 1 aromatic carbocycles. The largest absolute Gasteiger partial charge is 0.356 e. The van der Waals surface area contributed by atoms with Crippen molar-refractivity contribution in [2.45, 2.75) is 37.0 Å². The molecule has 0 bridgehead atoms. The van der Waals surface area contributed by atoms with E-state index in [1.165, 1.54) is 0 Å². The Bertz CT molecular complexity index is 678. The van der Waals surface area contributed by atoms with E-state index >= 15 is 0 Å². The number of hydrogen-bond acceptors (Lipinski definition) is 4. The van der Waals surface area contributed by atoms with Crippen LogP contribution in [0.15, 0.2) is 29.2 Å². The van der Waals surface area contributed by atoms with E-state index in [1.807, 2.05) is 12.1 Å². The Labute approximate surface area is 150 Å². The van der Waals surface area contributed by atoms with Crippen molar-refractivity contribution in [3.8, 4) is 0 Å². The Hall–Kier alpha value is -1.44. The summed E-state index contributed by atoms with van der Waals surface area (Å²) in [5.74, 6) is 0.611. The van der Waals surface area contributed by atoms with Gasteiger partial charge in [0.25, 0.3) is 0 Å². The Morgan fingerprint density at radius 3 is 2.40 bits per heavy atom. The monoisotopic (exact) mass is 365 g/mol. The van der Waals surface area contributed by atoms with Gasteiger partial charge >= 0.3 is 0 Å². The molecule has 2 aliphatic heterocycles. The number of piperidine rings is 1. The highest BCUT2D eigenvalue weighted by Gasteiger charge is 2.25. The molecule has 0 radical (unpaired) electrons. The first-order valence-corrected chi connectivity index (χ1v) is 10.6. The van der Waals surface area contributed by atoms with Gasteiger partial charge in [-0.05, 0) is 37.0 Å². The summed E-state index contributed by atoms with van der Waals surface area (Å²) in [6, 6.07) is 6.97. The molecule has 25 heavy (non-hydrogen) atoms. The average Bonchev–Trinajstić information content (AvgIpc) is 2.60. The molecule has 2 fully saturated rings. The third kappa shape index (κ3) is 4.80. The summed E-state index contributed by atoms with van der Waals surface area (Å²) in [7, 11) is -3.38. The van der Waals surface area contributed by atoms with Crippen molar-refractivity contribution in [1.82, 2.24) is 14.9 Å². The first-order chi connectivity index (χ1) is 12.1. The number of amides is 1. The minimum Gasteiger partial charge on any atom is -0.356 e. The Balaban J connectivity index is 1.50. The number of aryl methyl sites for hydroxylation is 1. The number of hydrogen-bond donors (Lipinski definition) is 2. The number of nitrogens with one attached hydrogen (secondary N) is 2. The van der Waals surface area contributed by atoms with Gasteiger partial charge in [-0.15, -0.1) is 0 Å². The molecule has 0 spiro atoms. The SMILES string of the molecule is O=C(CCc1ccc(S(=O)(=O)N2CCCCC2)cc1)NCC1CNC1. The van der Waals surface area contributed by atoms with E-state index in [2.05, 4.69) is 10.6 Å². The number of carbonyl (C=O) groups is 1. The molecule has 1 amide bonds. The van der Waals surface area contributed by atoms with Crippen LogP contribution in [0.2, 0.25) is 0 Å². The van der Waals surface area contributed by atoms with Crippen LogP contribution in [0.5, 0.6) is 0 Å². The number of carbonyl (C=O) groups excluding carboxylic acids is 1. The summed E-state index contributed by atoms with van der Waals surface area (Å²) < 4.78 is 26.8. The first kappa shape index (κ1) is 18.4. The fraction of sp³-hybridized carbons (Fsp3) is 0.611. The zero-order valence-corrected chi connectivity index (χ0v) is 15.4. The summed E-state index contributed by atoms with van der Waals surface area (Å²) in [5, 5.41) is 6.13. The molecular formula is C18H27N3O3S. The molecule has 2 saturated heterocycles. The summed E-state index contributed by atoms with van der Waals surface area (Å²) in [6.45, 7) is 3.92. The van der Waals surface area contributed by atoms with Crippen LogP contribution in [0.25, 0.3) is 0 Å². The lowest BCUT2D eigenvalue weighted by Gasteiger charge is -2.27. The predicted octanol–water partition coefficient (Wildman–Crippen LogP) is 1.13. The zero-order valence-electron chi connectivity index (χ0n) is 14.5. The fourth-order valence-electron chi connectivity index (χ4n) is 3.18. The third-order valence-corrected chi connectivity index (χ3v) is 6.88. The zero-order chi connectivity index (χ0) is 17.7. The minimum absolute atomic E-state index is 0.0527. The molecule has 0 unspecified atom stereocenters. The number of benzene rings is 1. The van der Waals surface area contributed by atoms with Gasteiger partial charge in [0, 0.05) is 45.1 Å². The van der Waals surface area contributed by atoms with Crippen molar-refractivity contribution < 1.29 is 13.2 Å². The van der Waals surface area contributed by atoms with E-state index in [4.69, 9.17) is 0 Å². The van der Waals surface area contributed by atoms with E-state index in [0.717, 1.165) is 44.5 Å². The maximum atomic E-state index is 12.6. The van der Waals surface area contributed by atoms with E-state index in [9.17, 15) is 13.2 Å². The molecule has 0 aliphatic carbocycles. The van der Waals surface area contributed by atoms with Crippen LogP contribution in [-0.2, 0) is 21.2 Å². The molecule has 2 heterocycles. The van der Waals surface area contributed by atoms with Crippen molar-refractivity contribution >= 4 is 15.9 Å². The number of nitrogens with zero attached hydrogens (tertiary/aromatic N) is 1. The van der Waals surface area contributed by atoms with E-state index in [1.54, 1.807) is 16.4 Å². The third-order valence-electron chi connectivity index (χ3n) is 4.97. The fourth-order valence-corrected chi connectivity index (χ4v) is 4.70. The average molecular weight is 365 g/mol. The van der Waals surface area contributed by atoms with Crippen molar-refractivity contribution in [2.24, 2.45) is 5.92 Å². The van der Waals surface area contributed by atoms with Gasteiger partial charge in [-0.1, -0.05) is 18.6 Å². The van der Waals surface area contributed by atoms with E-state index in [-0.39, 0.29) is 5.91 Å². The van der Waals surface area contributed by atoms with E-state index < -0.39 is 10.0 Å². The summed E-state index contributed by atoms with van der Waals surface area (Å²) in [4.78, 5) is 12.2. The van der Waals surface area contributed by atoms with Crippen molar-refractivity contribution in [3.05, 3.63) is 29.8 Å². The highest BCUT2D eigenvalue weighted by molar-refractivity contribution is 7.89. The Kier molecular flexibility index (Phi) is 6.09. The van der Waals surface area contributed by atoms with Gasteiger partial charge in [0.1, 0.15) is 0 Å². The standard InChI is InChI=1S/C18H27N3O3S/c22-18(20-14-16-12-19-13-16)9-6-15-4-7-17(8-5-15)25(23,24)21-10-2-1-3-11-21/h4-5,7-8,16,19H,1-3,6,9-14H2,(H,20,22). The lowest BCUT2D eigenvalue weighted by atomic mass is 10.0. The summed E-state index contributed by atoms with van der Waals surface area (Å²) >= 11 is 0. The molecule has 2 aliphatic rings. The quantitative estimate of drug-likeness (QED) is 0.759. The second kappa shape index (κ2) is 8.29.